The highest BCUT2D eigenvalue weighted by molar-refractivity contribution is 5.25. The molecule has 0 amide bonds. The molecule has 0 aliphatic heterocycles. The molecule has 1 rings (SSSR count). The van der Waals surface area contributed by atoms with Crippen molar-refractivity contribution >= 4 is 0 Å². The number of hydrogen-bond acceptors (Lipinski definition) is 2. The van der Waals surface area contributed by atoms with Gasteiger partial charge in [0, 0.05) is 6.20 Å². The van der Waals surface area contributed by atoms with Crippen LogP contribution in [0.5, 0.6) is 5.75 Å². The van der Waals surface area contributed by atoms with Crippen molar-refractivity contribution in [2.45, 2.75) is 13.8 Å². The van der Waals surface area contributed by atoms with Gasteiger partial charge >= 0.3 is 0 Å². The second-order valence-corrected chi connectivity index (χ2v) is 2.30. The van der Waals surface area contributed by atoms with Crippen molar-refractivity contribution in [3.63, 3.8) is 0 Å². The molecule has 12 heavy (non-hydrogen) atoms. The van der Waals surface area contributed by atoms with E-state index in [1.54, 1.807) is 13.1 Å². The minimum absolute atomic E-state index is 0.434. The Kier molecular flexibility index (Phi) is 3.16. The highest BCUT2D eigenvalue weighted by atomic mass is 16.5. The Morgan fingerprint density at radius 1 is 1.58 bits per heavy atom. The molecule has 0 N–H and O–H groups in total. The Morgan fingerprint density at radius 2 is 2.42 bits per heavy atom. The molecular formula is C10H11NO. The van der Waals surface area contributed by atoms with Crippen molar-refractivity contribution in [1.82, 2.24) is 4.98 Å². The van der Waals surface area contributed by atoms with Gasteiger partial charge in [0.1, 0.15) is 12.4 Å². The van der Waals surface area contributed by atoms with E-state index in [0.29, 0.717) is 6.61 Å². The van der Waals surface area contributed by atoms with Gasteiger partial charge in [0.05, 0.1) is 5.69 Å². The van der Waals surface area contributed by atoms with Crippen molar-refractivity contribution in [1.29, 1.82) is 0 Å². The van der Waals surface area contributed by atoms with Crippen molar-refractivity contribution in [2.75, 3.05) is 6.61 Å². The maximum absolute atomic E-state index is 5.34. The molecule has 2 heteroatoms. The summed E-state index contributed by atoms with van der Waals surface area (Å²) >= 11 is 0. The number of aromatic nitrogens is 1. The molecule has 0 atom stereocenters. The van der Waals surface area contributed by atoms with Gasteiger partial charge < -0.3 is 4.74 Å². The maximum Gasteiger partial charge on any atom is 0.149 e. The fraction of sp³-hybridized carbons (Fsp3) is 0.300. The quantitative estimate of drug-likeness (QED) is 0.617. The summed E-state index contributed by atoms with van der Waals surface area (Å²) in [6.07, 6.45) is 1.74. The first-order chi connectivity index (χ1) is 5.84. The van der Waals surface area contributed by atoms with Crippen LogP contribution in [0.25, 0.3) is 0 Å². The lowest BCUT2D eigenvalue weighted by Crippen LogP contribution is -1.96. The van der Waals surface area contributed by atoms with E-state index in [1.165, 1.54) is 0 Å². The smallest absolute Gasteiger partial charge is 0.149 e. The topological polar surface area (TPSA) is 22.1 Å². The number of hydrogen-bond donors (Lipinski definition) is 0. The molecule has 62 valence electrons. The van der Waals surface area contributed by atoms with Crippen LogP contribution in [-0.2, 0) is 0 Å². The van der Waals surface area contributed by atoms with Crippen LogP contribution in [0.1, 0.15) is 12.6 Å². The number of rotatable bonds is 2. The summed E-state index contributed by atoms with van der Waals surface area (Å²) in [7, 11) is 0. The van der Waals surface area contributed by atoms with Crippen molar-refractivity contribution in [3.8, 4) is 17.6 Å². The third-order valence-corrected chi connectivity index (χ3v) is 1.44. The maximum atomic E-state index is 5.34. The van der Waals surface area contributed by atoms with E-state index < -0.39 is 0 Å². The summed E-state index contributed by atoms with van der Waals surface area (Å²) in [5.41, 5.74) is 0.899. The first kappa shape index (κ1) is 8.61. The normalized spacial score (nSPS) is 8.50. The second-order valence-electron chi connectivity index (χ2n) is 2.30. The number of aryl methyl sites for hydroxylation is 1. The van der Waals surface area contributed by atoms with Crippen LogP contribution in [0.4, 0.5) is 0 Å². The lowest BCUT2D eigenvalue weighted by atomic mass is 10.3. The SMILES string of the molecule is CC#CCOc1cccnc1C. The van der Waals surface area contributed by atoms with Crippen molar-refractivity contribution in [3.05, 3.63) is 24.0 Å². The fourth-order valence-electron chi connectivity index (χ4n) is 0.808. The molecule has 1 aromatic rings. The average Bonchev–Trinajstić information content (AvgIpc) is 2.09. The molecule has 2 nitrogen and oxygen atoms in total. The summed E-state index contributed by atoms with van der Waals surface area (Å²) in [4.78, 5) is 4.08. The summed E-state index contributed by atoms with van der Waals surface area (Å²) in [5.74, 6) is 6.39. The molecule has 0 aliphatic carbocycles. The largest absolute Gasteiger partial charge is 0.479 e. The Morgan fingerprint density at radius 3 is 3.08 bits per heavy atom. The summed E-state index contributed by atoms with van der Waals surface area (Å²) in [6.45, 7) is 4.14. The number of nitrogens with zero attached hydrogens (tertiary/aromatic N) is 1. The van der Waals surface area contributed by atoms with Crippen LogP contribution < -0.4 is 4.74 Å². The second kappa shape index (κ2) is 4.40. The Balaban J connectivity index is 2.61. The van der Waals surface area contributed by atoms with E-state index in [4.69, 9.17) is 4.74 Å². The fourth-order valence-corrected chi connectivity index (χ4v) is 0.808. The predicted octanol–water partition coefficient (Wildman–Crippen LogP) is 1.79. The van der Waals surface area contributed by atoms with E-state index in [2.05, 4.69) is 16.8 Å². The van der Waals surface area contributed by atoms with Gasteiger partial charge in [-0.2, -0.15) is 0 Å². The van der Waals surface area contributed by atoms with Crippen LogP contribution in [0.3, 0.4) is 0 Å². The highest BCUT2D eigenvalue weighted by Crippen LogP contribution is 2.12. The lowest BCUT2D eigenvalue weighted by Gasteiger charge is -2.03. The third kappa shape index (κ3) is 2.28. The molecule has 0 bridgehead atoms. The van der Waals surface area contributed by atoms with Gasteiger partial charge in [-0.25, -0.2) is 0 Å². The molecular weight excluding hydrogens is 150 g/mol. The molecule has 0 aromatic carbocycles. The third-order valence-electron chi connectivity index (χ3n) is 1.44. The molecule has 0 spiro atoms. The standard InChI is InChI=1S/C10H11NO/c1-3-4-8-12-10-6-5-7-11-9(10)2/h5-7H,8H2,1-2H3. The molecule has 0 saturated heterocycles. The highest BCUT2D eigenvalue weighted by Gasteiger charge is 1.95. The number of pyridine rings is 1. The molecule has 0 radical (unpaired) electrons. The summed E-state index contributed by atoms with van der Waals surface area (Å²) < 4.78 is 5.34. The van der Waals surface area contributed by atoms with Crippen LogP contribution in [-0.4, -0.2) is 11.6 Å². The Bertz CT molecular complexity index is 309. The Hall–Kier alpha value is -1.49. The van der Waals surface area contributed by atoms with Gasteiger partial charge in [0.2, 0.25) is 0 Å². The van der Waals surface area contributed by atoms with Gasteiger partial charge in [-0.15, -0.1) is 5.92 Å². The zero-order valence-electron chi connectivity index (χ0n) is 7.29. The van der Waals surface area contributed by atoms with Crippen molar-refractivity contribution in [2.24, 2.45) is 0 Å². The molecule has 0 saturated carbocycles. The van der Waals surface area contributed by atoms with Gasteiger partial charge in [0.25, 0.3) is 0 Å². The number of ether oxygens (including phenoxy) is 1. The van der Waals surface area contributed by atoms with E-state index in [-0.39, 0.29) is 0 Å². The lowest BCUT2D eigenvalue weighted by molar-refractivity contribution is 0.365. The van der Waals surface area contributed by atoms with Gasteiger partial charge in [0.15, 0.2) is 0 Å². The van der Waals surface area contributed by atoms with Gasteiger partial charge in [-0.1, -0.05) is 5.92 Å². The van der Waals surface area contributed by atoms with Gasteiger partial charge in [-0.05, 0) is 26.0 Å². The average molecular weight is 161 g/mol. The van der Waals surface area contributed by atoms with Gasteiger partial charge in [-0.3, -0.25) is 4.98 Å². The molecule has 1 aromatic heterocycles. The predicted molar refractivity (Wildman–Crippen MR) is 47.9 cm³/mol. The minimum Gasteiger partial charge on any atom is -0.479 e. The van der Waals surface area contributed by atoms with Crippen molar-refractivity contribution < 1.29 is 4.74 Å². The summed E-state index contributed by atoms with van der Waals surface area (Å²) in [5, 5.41) is 0. The van der Waals surface area contributed by atoms with Crippen LogP contribution in [0.2, 0.25) is 0 Å². The van der Waals surface area contributed by atoms with E-state index in [1.807, 2.05) is 19.1 Å². The molecule has 0 unspecified atom stereocenters. The monoisotopic (exact) mass is 161 g/mol. The van der Waals surface area contributed by atoms with Crippen LogP contribution >= 0.6 is 0 Å². The van der Waals surface area contributed by atoms with E-state index in [9.17, 15) is 0 Å². The zero-order valence-corrected chi connectivity index (χ0v) is 7.29. The van der Waals surface area contributed by atoms with E-state index >= 15 is 0 Å². The molecule has 0 fully saturated rings. The zero-order chi connectivity index (χ0) is 8.81. The Labute approximate surface area is 72.6 Å². The van der Waals surface area contributed by atoms with E-state index in [0.717, 1.165) is 11.4 Å². The first-order valence-corrected chi connectivity index (χ1v) is 3.78. The minimum atomic E-state index is 0.434. The molecule has 0 aliphatic rings. The first-order valence-electron chi connectivity index (χ1n) is 3.78. The molecule has 1 heterocycles. The van der Waals surface area contributed by atoms with Crippen LogP contribution in [0, 0.1) is 18.8 Å². The van der Waals surface area contributed by atoms with Crippen LogP contribution in [0.15, 0.2) is 18.3 Å². The summed E-state index contributed by atoms with van der Waals surface area (Å²) in [6, 6.07) is 3.74.